The number of para-hydroxylation sites is 1. The molecule has 0 radical (unpaired) electrons. The monoisotopic (exact) mass is 312 g/mol. The number of aliphatic hydroxyl groups is 1. The Hall–Kier alpha value is -2.07. The normalized spacial score (nSPS) is 17.2. The minimum atomic E-state index is -0.697. The summed E-state index contributed by atoms with van der Waals surface area (Å²) in [5, 5.41) is 11.6. The van der Waals surface area contributed by atoms with Gasteiger partial charge in [0.05, 0.1) is 5.60 Å². The molecule has 122 valence electrons. The highest BCUT2D eigenvalue weighted by Crippen LogP contribution is 2.30. The maximum atomic E-state index is 12.3. The Morgan fingerprint density at radius 1 is 1.35 bits per heavy atom. The van der Waals surface area contributed by atoms with Gasteiger partial charge in [0, 0.05) is 49.4 Å². The summed E-state index contributed by atoms with van der Waals surface area (Å²) in [6.07, 6.45) is 9.16. The molecule has 1 heterocycles. The zero-order valence-electron chi connectivity index (χ0n) is 13.8. The van der Waals surface area contributed by atoms with E-state index < -0.39 is 5.60 Å². The highest BCUT2D eigenvalue weighted by Gasteiger charge is 2.32. The fraction of sp³-hybridized carbons (Fsp3) is 0.421. The average Bonchev–Trinajstić information content (AvgIpc) is 3.09. The van der Waals surface area contributed by atoms with Gasteiger partial charge in [-0.1, -0.05) is 31.0 Å². The summed E-state index contributed by atoms with van der Waals surface area (Å²) in [7, 11) is 3.76. The summed E-state index contributed by atoms with van der Waals surface area (Å²) in [5.41, 5.74) is 1.48. The summed E-state index contributed by atoms with van der Waals surface area (Å²) in [4.78, 5) is 13.9. The molecule has 2 aromatic rings. The van der Waals surface area contributed by atoms with Gasteiger partial charge in [-0.05, 0) is 25.0 Å². The third-order valence-corrected chi connectivity index (χ3v) is 4.78. The minimum Gasteiger partial charge on any atom is -0.388 e. The molecule has 23 heavy (non-hydrogen) atoms. The van der Waals surface area contributed by atoms with Gasteiger partial charge in [0.1, 0.15) is 0 Å². The quantitative estimate of drug-likeness (QED) is 0.882. The molecule has 1 fully saturated rings. The van der Waals surface area contributed by atoms with Gasteiger partial charge >= 0.3 is 0 Å². The lowest BCUT2D eigenvalue weighted by atomic mass is 10.0. The van der Waals surface area contributed by atoms with Crippen molar-refractivity contribution in [2.45, 2.75) is 31.3 Å². The minimum absolute atomic E-state index is 0.0711. The van der Waals surface area contributed by atoms with Crippen molar-refractivity contribution >= 4 is 22.9 Å². The number of hydrogen-bond donors (Lipinski definition) is 1. The van der Waals surface area contributed by atoms with E-state index in [0.717, 1.165) is 42.1 Å². The maximum Gasteiger partial charge on any atom is 0.246 e. The Bertz CT molecular complexity index is 739. The van der Waals surface area contributed by atoms with Crippen LogP contribution in [-0.2, 0) is 11.8 Å². The van der Waals surface area contributed by atoms with Crippen molar-refractivity contribution in [2.75, 3.05) is 13.6 Å². The number of aromatic nitrogens is 1. The summed E-state index contributed by atoms with van der Waals surface area (Å²) < 4.78 is 2.06. The van der Waals surface area contributed by atoms with E-state index in [-0.39, 0.29) is 5.91 Å². The molecule has 0 unspecified atom stereocenters. The van der Waals surface area contributed by atoms with Gasteiger partial charge in [0.2, 0.25) is 5.91 Å². The molecule has 1 aliphatic rings. The molecule has 0 saturated heterocycles. The van der Waals surface area contributed by atoms with Crippen LogP contribution in [0.5, 0.6) is 0 Å². The maximum absolute atomic E-state index is 12.3. The van der Waals surface area contributed by atoms with E-state index in [9.17, 15) is 9.90 Å². The fourth-order valence-corrected chi connectivity index (χ4v) is 3.50. The second-order valence-electron chi connectivity index (χ2n) is 6.67. The Labute approximate surface area is 137 Å². The Morgan fingerprint density at radius 3 is 2.78 bits per heavy atom. The van der Waals surface area contributed by atoms with Crippen molar-refractivity contribution in [3.63, 3.8) is 0 Å². The van der Waals surface area contributed by atoms with Gasteiger partial charge in [-0.3, -0.25) is 4.79 Å². The molecule has 1 amide bonds. The number of nitrogens with zero attached hydrogens (tertiary/aromatic N) is 2. The van der Waals surface area contributed by atoms with Gasteiger partial charge in [0.15, 0.2) is 0 Å². The van der Waals surface area contributed by atoms with Crippen molar-refractivity contribution < 1.29 is 9.90 Å². The van der Waals surface area contributed by atoms with E-state index in [1.807, 2.05) is 31.5 Å². The summed E-state index contributed by atoms with van der Waals surface area (Å²) in [6, 6.07) is 8.14. The van der Waals surface area contributed by atoms with Crippen molar-refractivity contribution in [3.8, 4) is 0 Å². The number of hydrogen-bond acceptors (Lipinski definition) is 2. The van der Waals surface area contributed by atoms with Crippen LogP contribution in [-0.4, -0.2) is 39.7 Å². The fourth-order valence-electron chi connectivity index (χ4n) is 3.50. The number of benzene rings is 1. The van der Waals surface area contributed by atoms with Gasteiger partial charge in [0.25, 0.3) is 0 Å². The highest BCUT2D eigenvalue weighted by atomic mass is 16.3. The largest absolute Gasteiger partial charge is 0.388 e. The van der Waals surface area contributed by atoms with Gasteiger partial charge in [-0.2, -0.15) is 0 Å². The number of rotatable bonds is 4. The van der Waals surface area contributed by atoms with Crippen molar-refractivity contribution in [1.29, 1.82) is 0 Å². The van der Waals surface area contributed by atoms with Crippen LogP contribution >= 0.6 is 0 Å². The van der Waals surface area contributed by atoms with Crippen LogP contribution in [0.25, 0.3) is 17.0 Å². The zero-order chi connectivity index (χ0) is 16.4. The smallest absolute Gasteiger partial charge is 0.246 e. The average molecular weight is 312 g/mol. The molecule has 1 aromatic heterocycles. The molecule has 0 atom stereocenters. The molecular formula is C19H24N2O2. The second kappa shape index (κ2) is 6.20. The molecule has 1 aromatic carbocycles. The van der Waals surface area contributed by atoms with Crippen LogP contribution in [0.1, 0.15) is 31.2 Å². The molecule has 1 saturated carbocycles. The Morgan fingerprint density at radius 2 is 2.04 bits per heavy atom. The van der Waals surface area contributed by atoms with Crippen molar-refractivity contribution in [1.82, 2.24) is 9.47 Å². The number of amides is 1. The first kappa shape index (κ1) is 15.8. The third-order valence-electron chi connectivity index (χ3n) is 4.78. The van der Waals surface area contributed by atoms with Crippen LogP contribution in [0, 0.1) is 0 Å². The molecule has 3 rings (SSSR count). The van der Waals surface area contributed by atoms with Crippen LogP contribution in [0.3, 0.4) is 0 Å². The first-order valence-corrected chi connectivity index (χ1v) is 8.18. The van der Waals surface area contributed by atoms with Crippen LogP contribution < -0.4 is 0 Å². The lowest BCUT2D eigenvalue weighted by Gasteiger charge is -2.27. The molecule has 1 N–H and O–H groups in total. The predicted octanol–water partition coefficient (Wildman–Crippen LogP) is 2.96. The molecule has 0 bridgehead atoms. The van der Waals surface area contributed by atoms with Crippen LogP contribution in [0.4, 0.5) is 0 Å². The first-order valence-electron chi connectivity index (χ1n) is 8.18. The topological polar surface area (TPSA) is 45.5 Å². The van der Waals surface area contributed by atoms with Crippen LogP contribution in [0.2, 0.25) is 0 Å². The summed E-state index contributed by atoms with van der Waals surface area (Å²) >= 11 is 0. The second-order valence-corrected chi connectivity index (χ2v) is 6.67. The van der Waals surface area contributed by atoms with Crippen molar-refractivity contribution in [3.05, 3.63) is 42.1 Å². The van der Waals surface area contributed by atoms with E-state index in [0.29, 0.717) is 6.54 Å². The standard InChI is InChI=1S/C19H24N2O2/c1-20-13-15(16-7-3-4-8-17(16)20)9-10-18(22)21(2)14-19(23)11-5-6-12-19/h3-4,7-10,13,23H,5-6,11-12,14H2,1-2H3/b10-9+. The lowest BCUT2D eigenvalue weighted by Crippen LogP contribution is -2.41. The lowest BCUT2D eigenvalue weighted by molar-refractivity contribution is -0.127. The zero-order valence-corrected chi connectivity index (χ0v) is 13.8. The Balaban J connectivity index is 1.72. The third kappa shape index (κ3) is 3.32. The van der Waals surface area contributed by atoms with E-state index in [2.05, 4.69) is 16.7 Å². The van der Waals surface area contributed by atoms with E-state index >= 15 is 0 Å². The van der Waals surface area contributed by atoms with Gasteiger partial charge in [-0.15, -0.1) is 0 Å². The van der Waals surface area contributed by atoms with E-state index in [1.54, 1.807) is 18.0 Å². The van der Waals surface area contributed by atoms with Crippen molar-refractivity contribution in [2.24, 2.45) is 7.05 Å². The summed E-state index contributed by atoms with van der Waals surface area (Å²) in [6.45, 7) is 0.408. The number of likely N-dealkylation sites (N-methyl/N-ethyl adjacent to an activating group) is 1. The number of fused-ring (bicyclic) bond motifs is 1. The number of aryl methyl sites for hydroxylation is 1. The number of carbonyl (C=O) groups excluding carboxylic acids is 1. The predicted molar refractivity (Wildman–Crippen MR) is 93.0 cm³/mol. The van der Waals surface area contributed by atoms with Gasteiger partial charge < -0.3 is 14.6 Å². The number of carbonyl (C=O) groups is 1. The van der Waals surface area contributed by atoms with Gasteiger partial charge in [-0.25, -0.2) is 0 Å². The molecule has 1 aliphatic carbocycles. The molecular weight excluding hydrogens is 288 g/mol. The molecule has 0 aliphatic heterocycles. The van der Waals surface area contributed by atoms with E-state index in [4.69, 9.17) is 0 Å². The summed E-state index contributed by atoms with van der Waals surface area (Å²) in [5.74, 6) is -0.0711. The molecule has 0 spiro atoms. The first-order chi connectivity index (χ1) is 11.0. The van der Waals surface area contributed by atoms with Crippen LogP contribution in [0.15, 0.2) is 36.5 Å². The molecule has 4 nitrogen and oxygen atoms in total. The molecule has 4 heteroatoms. The van der Waals surface area contributed by atoms with E-state index in [1.165, 1.54) is 0 Å². The Kier molecular flexibility index (Phi) is 4.26. The highest BCUT2D eigenvalue weighted by molar-refractivity contribution is 5.96. The SMILES string of the molecule is CN(CC1(O)CCCC1)C(=O)/C=C/c1cn(C)c2ccccc12.